The van der Waals surface area contributed by atoms with Crippen LogP contribution >= 0.6 is 22.9 Å². The molecule has 0 aliphatic rings. The summed E-state index contributed by atoms with van der Waals surface area (Å²) in [4.78, 5) is 19.2. The number of nitrogens with one attached hydrogen (secondary N) is 1. The van der Waals surface area contributed by atoms with E-state index in [1.54, 1.807) is 0 Å². The lowest BCUT2D eigenvalue weighted by Crippen LogP contribution is -2.15. The largest absolute Gasteiger partial charge is 0.312 e. The Balaban J connectivity index is 1.88. The number of nitrogens with zero attached hydrogens (tertiary/aromatic N) is 2. The highest BCUT2D eigenvalue weighted by atomic mass is 35.5. The second-order valence-corrected chi connectivity index (χ2v) is 8.70. The number of aromatic nitrogens is 1. The fourth-order valence-electron chi connectivity index (χ4n) is 3.50. The van der Waals surface area contributed by atoms with Gasteiger partial charge in [-0.2, -0.15) is 5.26 Å². The van der Waals surface area contributed by atoms with Gasteiger partial charge in [-0.3, -0.25) is 4.79 Å². The number of benzene rings is 2. The van der Waals surface area contributed by atoms with Crippen LogP contribution in [0.25, 0.3) is 22.2 Å². The monoisotopic (exact) mass is 431 g/mol. The van der Waals surface area contributed by atoms with Gasteiger partial charge in [0.1, 0.15) is 11.1 Å². The number of carbonyl (C=O) groups excluding carboxylic acids is 1. The second kappa shape index (κ2) is 7.91. The molecule has 148 valence electrons. The van der Waals surface area contributed by atoms with Gasteiger partial charge in [-0.1, -0.05) is 41.9 Å². The molecule has 0 fully saturated rings. The van der Waals surface area contributed by atoms with Gasteiger partial charge in [0.2, 0.25) is 0 Å². The van der Waals surface area contributed by atoms with Gasteiger partial charge in [0.05, 0.1) is 22.3 Å². The highest BCUT2D eigenvalue weighted by molar-refractivity contribution is 7.16. The Labute approximate surface area is 183 Å². The van der Waals surface area contributed by atoms with Gasteiger partial charge in [-0.05, 0) is 50.1 Å². The smallest absolute Gasteiger partial charge is 0.257 e. The second-order valence-electron chi connectivity index (χ2n) is 7.04. The fraction of sp³-hybridized carbons (Fsp3) is 0.125. The first-order chi connectivity index (χ1) is 14.4. The lowest BCUT2D eigenvalue weighted by molar-refractivity contribution is 0.102. The van der Waals surface area contributed by atoms with E-state index >= 15 is 0 Å². The lowest BCUT2D eigenvalue weighted by Gasteiger charge is -2.14. The summed E-state index contributed by atoms with van der Waals surface area (Å²) in [5, 5.41) is 14.5. The number of pyridine rings is 1. The molecule has 0 bridgehead atoms. The van der Waals surface area contributed by atoms with E-state index < -0.39 is 0 Å². The van der Waals surface area contributed by atoms with Crippen molar-refractivity contribution in [3.05, 3.63) is 80.7 Å². The Morgan fingerprint density at radius 3 is 2.47 bits per heavy atom. The average Bonchev–Trinajstić information content (AvgIpc) is 3.00. The zero-order valence-corrected chi connectivity index (χ0v) is 18.3. The van der Waals surface area contributed by atoms with Gasteiger partial charge in [0.15, 0.2) is 0 Å². The maximum absolute atomic E-state index is 13.4. The van der Waals surface area contributed by atoms with Gasteiger partial charge in [-0.15, -0.1) is 11.3 Å². The minimum Gasteiger partial charge on any atom is -0.312 e. The number of halogens is 1. The van der Waals surface area contributed by atoms with E-state index in [2.05, 4.69) is 11.4 Å². The Morgan fingerprint density at radius 2 is 1.77 bits per heavy atom. The van der Waals surface area contributed by atoms with Crippen LogP contribution in [0.5, 0.6) is 0 Å². The molecule has 4 nitrogen and oxygen atoms in total. The van der Waals surface area contributed by atoms with Gasteiger partial charge >= 0.3 is 0 Å². The maximum atomic E-state index is 13.4. The molecule has 2 aromatic carbocycles. The summed E-state index contributed by atoms with van der Waals surface area (Å²) in [7, 11) is 0. The molecule has 2 aromatic heterocycles. The Morgan fingerprint density at radius 1 is 1.07 bits per heavy atom. The fourth-order valence-corrected chi connectivity index (χ4v) is 4.64. The molecule has 0 radical (unpaired) electrons. The molecule has 0 atom stereocenters. The van der Waals surface area contributed by atoms with Gasteiger partial charge in [0, 0.05) is 20.8 Å². The topological polar surface area (TPSA) is 65.8 Å². The number of hydrogen-bond donors (Lipinski definition) is 1. The van der Waals surface area contributed by atoms with Crippen LogP contribution in [0, 0.1) is 32.1 Å². The average molecular weight is 432 g/mol. The third kappa shape index (κ3) is 3.45. The number of carbonyl (C=O) groups is 1. The molecule has 6 heteroatoms. The number of aryl methyl sites for hydroxylation is 1. The van der Waals surface area contributed by atoms with E-state index in [0.29, 0.717) is 21.2 Å². The first-order valence-electron chi connectivity index (χ1n) is 9.37. The number of fused-ring (bicyclic) bond motifs is 1. The molecular weight excluding hydrogens is 414 g/mol. The standard InChI is InChI=1S/C24H18ClN3OS/c1-13-15(3)30-24(19(13)12-26)28-23(29)21-14(2)22(16-8-10-17(25)11-9-16)27-20-7-5-4-6-18(20)21/h4-11H,1-3H3,(H,28,29). The van der Waals surface area contributed by atoms with E-state index in [-0.39, 0.29) is 5.91 Å². The summed E-state index contributed by atoms with van der Waals surface area (Å²) in [5.74, 6) is -0.251. The van der Waals surface area contributed by atoms with Crippen molar-refractivity contribution in [2.75, 3.05) is 5.32 Å². The molecule has 0 saturated carbocycles. The molecule has 1 amide bonds. The third-order valence-corrected chi connectivity index (χ3v) is 6.58. The van der Waals surface area contributed by atoms with Crippen molar-refractivity contribution in [1.82, 2.24) is 4.98 Å². The number of nitriles is 1. The van der Waals surface area contributed by atoms with Crippen molar-refractivity contribution in [3.8, 4) is 17.3 Å². The summed E-state index contributed by atoms with van der Waals surface area (Å²) >= 11 is 7.46. The minimum atomic E-state index is -0.251. The predicted molar refractivity (Wildman–Crippen MR) is 123 cm³/mol. The van der Waals surface area contributed by atoms with Crippen LogP contribution in [0.15, 0.2) is 48.5 Å². The van der Waals surface area contributed by atoms with Gasteiger partial charge in [0.25, 0.3) is 5.91 Å². The molecule has 30 heavy (non-hydrogen) atoms. The van der Waals surface area contributed by atoms with E-state index in [0.717, 1.165) is 38.2 Å². The summed E-state index contributed by atoms with van der Waals surface area (Å²) in [6.45, 7) is 5.74. The normalized spacial score (nSPS) is 10.8. The Bertz CT molecular complexity index is 1330. The molecule has 2 heterocycles. The SMILES string of the molecule is Cc1sc(NC(=O)c2c(C)c(-c3ccc(Cl)cc3)nc3ccccc23)c(C#N)c1C. The highest BCUT2D eigenvalue weighted by Gasteiger charge is 2.21. The number of hydrogen-bond acceptors (Lipinski definition) is 4. The van der Waals surface area contributed by atoms with Crippen molar-refractivity contribution in [2.24, 2.45) is 0 Å². The van der Waals surface area contributed by atoms with E-state index in [1.807, 2.05) is 69.3 Å². The van der Waals surface area contributed by atoms with E-state index in [4.69, 9.17) is 16.6 Å². The van der Waals surface area contributed by atoms with E-state index in [1.165, 1.54) is 11.3 Å². The van der Waals surface area contributed by atoms with Gasteiger partial charge in [-0.25, -0.2) is 4.98 Å². The summed E-state index contributed by atoms with van der Waals surface area (Å²) in [6, 6.07) is 17.2. The van der Waals surface area contributed by atoms with Crippen LogP contribution in [-0.4, -0.2) is 10.9 Å². The first kappa shape index (κ1) is 20.1. The van der Waals surface area contributed by atoms with Crippen molar-refractivity contribution < 1.29 is 4.79 Å². The predicted octanol–water partition coefficient (Wildman–Crippen LogP) is 6.67. The molecule has 4 rings (SSSR count). The molecule has 0 saturated heterocycles. The maximum Gasteiger partial charge on any atom is 0.257 e. The highest BCUT2D eigenvalue weighted by Crippen LogP contribution is 2.34. The third-order valence-electron chi connectivity index (χ3n) is 5.20. The summed E-state index contributed by atoms with van der Waals surface area (Å²) in [5.41, 5.74) is 5.09. The zero-order chi connectivity index (χ0) is 21.4. The number of rotatable bonds is 3. The lowest BCUT2D eigenvalue weighted by atomic mass is 9.97. The van der Waals surface area contributed by atoms with Gasteiger partial charge < -0.3 is 5.32 Å². The van der Waals surface area contributed by atoms with Crippen LogP contribution < -0.4 is 5.32 Å². The summed E-state index contributed by atoms with van der Waals surface area (Å²) in [6.07, 6.45) is 0. The molecule has 0 aliphatic heterocycles. The number of para-hydroxylation sites is 1. The molecule has 0 unspecified atom stereocenters. The van der Waals surface area contributed by atoms with Crippen molar-refractivity contribution >= 4 is 44.7 Å². The number of amides is 1. The Hall–Kier alpha value is -3.20. The van der Waals surface area contributed by atoms with Crippen LogP contribution in [-0.2, 0) is 0 Å². The number of thiophene rings is 1. The van der Waals surface area contributed by atoms with Crippen LogP contribution in [0.3, 0.4) is 0 Å². The van der Waals surface area contributed by atoms with Crippen LogP contribution in [0.4, 0.5) is 5.00 Å². The molecule has 0 spiro atoms. The van der Waals surface area contributed by atoms with Crippen molar-refractivity contribution in [2.45, 2.75) is 20.8 Å². The minimum absolute atomic E-state index is 0.251. The van der Waals surface area contributed by atoms with Crippen molar-refractivity contribution in [1.29, 1.82) is 5.26 Å². The van der Waals surface area contributed by atoms with E-state index in [9.17, 15) is 10.1 Å². The quantitative estimate of drug-likeness (QED) is 0.394. The molecule has 1 N–H and O–H groups in total. The summed E-state index contributed by atoms with van der Waals surface area (Å²) < 4.78 is 0. The molecular formula is C24H18ClN3OS. The molecule has 0 aliphatic carbocycles. The molecule has 4 aromatic rings. The first-order valence-corrected chi connectivity index (χ1v) is 10.6. The van der Waals surface area contributed by atoms with Crippen LogP contribution in [0.1, 0.15) is 31.9 Å². The zero-order valence-electron chi connectivity index (χ0n) is 16.7. The van der Waals surface area contributed by atoms with Crippen LogP contribution in [0.2, 0.25) is 5.02 Å². The number of anilines is 1. The Kier molecular flexibility index (Phi) is 5.29. The van der Waals surface area contributed by atoms with Crippen molar-refractivity contribution in [3.63, 3.8) is 0 Å².